The molecule has 3 rings (SSSR count). The zero-order valence-electron chi connectivity index (χ0n) is 16.8. The number of amides is 1. The van der Waals surface area contributed by atoms with Crippen LogP contribution >= 0.6 is 0 Å². The summed E-state index contributed by atoms with van der Waals surface area (Å²) in [5.74, 6) is 1.30. The van der Waals surface area contributed by atoms with Crippen molar-refractivity contribution < 1.29 is 9.21 Å². The van der Waals surface area contributed by atoms with Crippen molar-refractivity contribution in [1.29, 1.82) is 0 Å². The van der Waals surface area contributed by atoms with Gasteiger partial charge < -0.3 is 9.73 Å². The van der Waals surface area contributed by atoms with Crippen LogP contribution in [0, 0.1) is 6.92 Å². The highest BCUT2D eigenvalue weighted by Gasteiger charge is 2.18. The number of oxazole rings is 1. The van der Waals surface area contributed by atoms with E-state index in [-0.39, 0.29) is 12.3 Å². The summed E-state index contributed by atoms with van der Waals surface area (Å²) < 4.78 is 5.80. The van der Waals surface area contributed by atoms with Crippen molar-refractivity contribution >= 4 is 5.91 Å². The topological polar surface area (TPSA) is 58.4 Å². The number of nitrogens with one attached hydrogen (secondary N) is 1. The van der Waals surface area contributed by atoms with Gasteiger partial charge in [0, 0.05) is 18.2 Å². The summed E-state index contributed by atoms with van der Waals surface area (Å²) in [6.45, 7) is 9.15. The molecule has 27 heavy (non-hydrogen) atoms. The molecule has 1 fully saturated rings. The molecule has 2 heterocycles. The smallest absolute Gasteiger partial charge is 0.226 e. The number of carbonyl (C=O) groups excluding carboxylic acids is 1. The minimum Gasteiger partial charge on any atom is -0.441 e. The Morgan fingerprint density at radius 2 is 1.93 bits per heavy atom. The first kappa shape index (κ1) is 19.6. The van der Waals surface area contributed by atoms with Crippen LogP contribution in [0.1, 0.15) is 50.1 Å². The number of carbonyl (C=O) groups is 1. The maximum atomic E-state index is 12.4. The second kappa shape index (κ2) is 9.18. The fraction of sp³-hybridized carbons (Fsp3) is 0.545. The van der Waals surface area contributed by atoms with Crippen LogP contribution in [0.2, 0.25) is 0 Å². The Morgan fingerprint density at radius 3 is 2.59 bits per heavy atom. The van der Waals surface area contributed by atoms with Gasteiger partial charge in [-0.05, 0) is 63.9 Å². The van der Waals surface area contributed by atoms with Crippen LogP contribution in [0.5, 0.6) is 0 Å². The highest BCUT2D eigenvalue weighted by atomic mass is 16.4. The normalized spacial score (nSPS) is 16.3. The van der Waals surface area contributed by atoms with Crippen LogP contribution in [0.25, 0.3) is 11.5 Å². The molecular weight excluding hydrogens is 338 g/mol. The lowest BCUT2D eigenvalue weighted by Crippen LogP contribution is -2.44. The number of aryl methyl sites for hydroxylation is 2. The van der Waals surface area contributed by atoms with Crippen molar-refractivity contribution in [3.05, 3.63) is 41.3 Å². The molecule has 146 valence electrons. The molecule has 1 N–H and O–H groups in total. The summed E-state index contributed by atoms with van der Waals surface area (Å²) in [6, 6.07) is 8.59. The number of nitrogens with zero attached hydrogens (tertiary/aromatic N) is 2. The van der Waals surface area contributed by atoms with Gasteiger partial charge in [-0.2, -0.15) is 0 Å². The van der Waals surface area contributed by atoms with E-state index in [1.165, 1.54) is 24.8 Å². The van der Waals surface area contributed by atoms with Crippen molar-refractivity contribution in [1.82, 2.24) is 15.2 Å². The van der Waals surface area contributed by atoms with Crippen molar-refractivity contribution in [2.24, 2.45) is 0 Å². The van der Waals surface area contributed by atoms with Crippen molar-refractivity contribution in [3.8, 4) is 11.5 Å². The molecule has 0 saturated carbocycles. The third-order valence-electron chi connectivity index (χ3n) is 5.44. The Morgan fingerprint density at radius 1 is 1.22 bits per heavy atom. The molecular formula is C22H31N3O2. The van der Waals surface area contributed by atoms with E-state index in [1.54, 1.807) is 0 Å². The molecule has 1 atom stereocenters. The number of aromatic nitrogens is 1. The van der Waals surface area contributed by atoms with Crippen LogP contribution in [0.4, 0.5) is 0 Å². The van der Waals surface area contributed by atoms with E-state index >= 15 is 0 Å². The van der Waals surface area contributed by atoms with E-state index in [0.717, 1.165) is 25.1 Å². The van der Waals surface area contributed by atoms with Crippen LogP contribution in [0.15, 0.2) is 28.7 Å². The Hall–Kier alpha value is -2.14. The first-order valence-electron chi connectivity index (χ1n) is 10.1. The van der Waals surface area contributed by atoms with Crippen molar-refractivity contribution in [3.63, 3.8) is 0 Å². The molecule has 1 aromatic carbocycles. The zero-order chi connectivity index (χ0) is 19.2. The molecule has 5 heteroatoms. The van der Waals surface area contributed by atoms with E-state index in [4.69, 9.17) is 4.42 Å². The van der Waals surface area contributed by atoms with Gasteiger partial charge in [0.2, 0.25) is 11.8 Å². The zero-order valence-corrected chi connectivity index (χ0v) is 16.8. The molecule has 1 aromatic heterocycles. The van der Waals surface area contributed by atoms with E-state index in [9.17, 15) is 4.79 Å². The molecule has 1 amide bonds. The maximum absolute atomic E-state index is 12.4. The lowest BCUT2D eigenvalue weighted by Gasteiger charge is -2.32. The fourth-order valence-electron chi connectivity index (χ4n) is 3.56. The van der Waals surface area contributed by atoms with Gasteiger partial charge in [0.15, 0.2) is 0 Å². The summed E-state index contributed by atoms with van der Waals surface area (Å²) >= 11 is 0. The number of rotatable bonds is 7. The molecule has 0 aliphatic carbocycles. The van der Waals surface area contributed by atoms with Gasteiger partial charge >= 0.3 is 0 Å². The number of piperidine rings is 1. The van der Waals surface area contributed by atoms with Gasteiger partial charge in [-0.25, -0.2) is 4.98 Å². The highest BCUT2D eigenvalue weighted by Crippen LogP contribution is 2.22. The van der Waals surface area contributed by atoms with E-state index in [2.05, 4.69) is 41.2 Å². The van der Waals surface area contributed by atoms with Gasteiger partial charge in [0.1, 0.15) is 5.76 Å². The van der Waals surface area contributed by atoms with Crippen LogP contribution < -0.4 is 5.32 Å². The van der Waals surface area contributed by atoms with E-state index in [0.29, 0.717) is 29.9 Å². The summed E-state index contributed by atoms with van der Waals surface area (Å²) in [5, 5.41) is 3.06. The predicted octanol–water partition coefficient (Wildman–Crippen LogP) is 3.75. The standard InChI is InChI=1S/C22H31N3O2/c1-4-18-8-10-19(11-9-18)22-24-20(17(3)27-22)14-21(26)23-15-16(2)25-12-6-5-7-13-25/h8-11,16H,4-7,12-15H2,1-3H3,(H,23,26). The minimum absolute atomic E-state index is 0.00291. The number of hydrogen-bond acceptors (Lipinski definition) is 4. The van der Waals surface area contributed by atoms with Gasteiger partial charge in [-0.3, -0.25) is 9.69 Å². The SMILES string of the molecule is CCc1ccc(-c2nc(CC(=O)NCC(C)N3CCCCC3)c(C)o2)cc1. The Labute approximate surface area is 162 Å². The summed E-state index contributed by atoms with van der Waals surface area (Å²) in [6.07, 6.45) is 5.11. The summed E-state index contributed by atoms with van der Waals surface area (Å²) in [7, 11) is 0. The van der Waals surface area contributed by atoms with Gasteiger partial charge in [0.25, 0.3) is 0 Å². The molecule has 5 nitrogen and oxygen atoms in total. The minimum atomic E-state index is 0.00291. The van der Waals surface area contributed by atoms with E-state index in [1.807, 2.05) is 19.1 Å². The first-order valence-corrected chi connectivity index (χ1v) is 10.1. The predicted molar refractivity (Wildman–Crippen MR) is 108 cm³/mol. The summed E-state index contributed by atoms with van der Waals surface area (Å²) in [5.41, 5.74) is 2.94. The molecule has 1 aliphatic heterocycles. The lowest BCUT2D eigenvalue weighted by atomic mass is 10.1. The van der Waals surface area contributed by atoms with Crippen LogP contribution in [-0.4, -0.2) is 41.5 Å². The number of likely N-dealkylation sites (tertiary alicyclic amines) is 1. The largest absolute Gasteiger partial charge is 0.441 e. The van der Waals surface area contributed by atoms with E-state index < -0.39 is 0 Å². The third-order valence-corrected chi connectivity index (χ3v) is 5.44. The van der Waals surface area contributed by atoms with Crippen LogP contribution in [0.3, 0.4) is 0 Å². The first-order chi connectivity index (χ1) is 13.1. The quantitative estimate of drug-likeness (QED) is 0.808. The molecule has 1 aliphatic rings. The molecule has 0 bridgehead atoms. The molecule has 2 aromatic rings. The molecule has 0 spiro atoms. The second-order valence-corrected chi connectivity index (χ2v) is 7.50. The van der Waals surface area contributed by atoms with Crippen LogP contribution in [-0.2, 0) is 17.6 Å². The highest BCUT2D eigenvalue weighted by molar-refractivity contribution is 5.78. The monoisotopic (exact) mass is 369 g/mol. The molecule has 1 saturated heterocycles. The lowest BCUT2D eigenvalue weighted by molar-refractivity contribution is -0.120. The Bertz CT molecular complexity index is 745. The summed E-state index contributed by atoms with van der Waals surface area (Å²) in [4.78, 5) is 19.4. The average Bonchev–Trinajstić information content (AvgIpc) is 3.07. The van der Waals surface area contributed by atoms with Gasteiger partial charge in [0.05, 0.1) is 12.1 Å². The Balaban J connectivity index is 1.55. The Kier molecular flexibility index (Phi) is 6.67. The fourth-order valence-corrected chi connectivity index (χ4v) is 3.56. The van der Waals surface area contributed by atoms with Gasteiger partial charge in [-0.1, -0.05) is 25.5 Å². The van der Waals surface area contributed by atoms with Gasteiger partial charge in [-0.15, -0.1) is 0 Å². The van der Waals surface area contributed by atoms with Crippen molar-refractivity contribution in [2.75, 3.05) is 19.6 Å². The second-order valence-electron chi connectivity index (χ2n) is 7.50. The van der Waals surface area contributed by atoms with Crippen molar-refractivity contribution in [2.45, 2.75) is 58.9 Å². The molecule has 0 radical (unpaired) electrons. The number of benzene rings is 1. The maximum Gasteiger partial charge on any atom is 0.226 e. The third kappa shape index (κ3) is 5.19. The average molecular weight is 370 g/mol. The number of hydrogen-bond donors (Lipinski definition) is 1. The molecule has 1 unspecified atom stereocenters.